The number of nitrogens with one attached hydrogen (secondary N) is 1. The Bertz CT molecular complexity index is 1210. The van der Waals surface area contributed by atoms with E-state index in [0.29, 0.717) is 5.02 Å². The summed E-state index contributed by atoms with van der Waals surface area (Å²) in [6.07, 6.45) is 0. The van der Waals surface area contributed by atoms with Gasteiger partial charge in [-0.25, -0.2) is 18.1 Å². The average molecular weight is 429 g/mol. The maximum atomic E-state index is 13.6. The van der Waals surface area contributed by atoms with Crippen molar-refractivity contribution in [1.29, 1.82) is 0 Å². The molecular formula is C22H12ClF3N2O2. The average Bonchev–Trinajstić information content (AvgIpc) is 2.95. The van der Waals surface area contributed by atoms with Gasteiger partial charge >= 0.3 is 0 Å². The first-order chi connectivity index (χ1) is 14.3. The topological polar surface area (TPSA) is 49.4 Å². The molecule has 1 aliphatic heterocycles. The number of carbonyl (C=O) groups is 2. The van der Waals surface area contributed by atoms with Crippen LogP contribution in [0.1, 0.15) is 5.56 Å². The van der Waals surface area contributed by atoms with Crippen molar-refractivity contribution in [3.8, 4) is 0 Å². The van der Waals surface area contributed by atoms with Crippen LogP contribution < -0.4 is 10.2 Å². The third-order valence-electron chi connectivity index (χ3n) is 4.47. The summed E-state index contributed by atoms with van der Waals surface area (Å²) in [5, 5.41) is 3.02. The zero-order chi connectivity index (χ0) is 21.4. The van der Waals surface area contributed by atoms with E-state index in [-0.39, 0.29) is 28.2 Å². The van der Waals surface area contributed by atoms with Crippen molar-refractivity contribution in [2.24, 2.45) is 0 Å². The van der Waals surface area contributed by atoms with Crippen LogP contribution in [0.4, 0.5) is 24.5 Å². The van der Waals surface area contributed by atoms with Crippen molar-refractivity contribution in [3.63, 3.8) is 0 Å². The number of nitrogens with zero attached hydrogens (tertiary/aromatic N) is 1. The van der Waals surface area contributed by atoms with Crippen LogP contribution in [-0.2, 0) is 9.59 Å². The Morgan fingerprint density at radius 1 is 0.800 bits per heavy atom. The van der Waals surface area contributed by atoms with Gasteiger partial charge in [-0.05, 0) is 48.0 Å². The third-order valence-corrected chi connectivity index (χ3v) is 4.71. The van der Waals surface area contributed by atoms with Crippen molar-refractivity contribution in [2.75, 3.05) is 10.2 Å². The van der Waals surface area contributed by atoms with E-state index in [1.54, 1.807) is 12.1 Å². The molecular weight excluding hydrogens is 417 g/mol. The molecule has 4 nitrogen and oxygen atoms in total. The minimum atomic E-state index is -1.12. The number of halogens is 4. The normalized spacial score (nSPS) is 13.9. The number of amides is 2. The first-order valence-corrected chi connectivity index (χ1v) is 9.09. The molecule has 1 N–H and O–H groups in total. The second-order valence-corrected chi connectivity index (χ2v) is 6.87. The minimum Gasteiger partial charge on any atom is -0.350 e. The van der Waals surface area contributed by atoms with Gasteiger partial charge in [-0.3, -0.25) is 9.59 Å². The number of carbonyl (C=O) groups excluding carboxylic acids is 2. The molecule has 2 amide bonds. The first kappa shape index (κ1) is 19.7. The number of imide groups is 1. The van der Waals surface area contributed by atoms with Gasteiger partial charge in [0.25, 0.3) is 11.8 Å². The van der Waals surface area contributed by atoms with E-state index in [9.17, 15) is 22.8 Å². The van der Waals surface area contributed by atoms with E-state index >= 15 is 0 Å². The van der Waals surface area contributed by atoms with Crippen molar-refractivity contribution < 1.29 is 22.8 Å². The summed E-state index contributed by atoms with van der Waals surface area (Å²) in [4.78, 5) is 27.2. The van der Waals surface area contributed by atoms with E-state index < -0.39 is 29.3 Å². The van der Waals surface area contributed by atoms with Crippen LogP contribution >= 0.6 is 11.6 Å². The zero-order valence-electron chi connectivity index (χ0n) is 15.1. The van der Waals surface area contributed by atoms with E-state index in [1.807, 2.05) is 0 Å². The largest absolute Gasteiger partial charge is 0.350 e. The van der Waals surface area contributed by atoms with Gasteiger partial charge in [0.05, 0.1) is 11.3 Å². The summed E-state index contributed by atoms with van der Waals surface area (Å²) >= 11 is 5.99. The van der Waals surface area contributed by atoms with Gasteiger partial charge < -0.3 is 5.32 Å². The van der Waals surface area contributed by atoms with Gasteiger partial charge in [0.15, 0.2) is 11.6 Å². The first-order valence-electron chi connectivity index (χ1n) is 8.72. The third kappa shape index (κ3) is 3.55. The lowest BCUT2D eigenvalue weighted by Gasteiger charge is -2.15. The second kappa shape index (κ2) is 7.68. The summed E-state index contributed by atoms with van der Waals surface area (Å²) in [6, 6.07) is 14.1. The molecule has 3 aromatic carbocycles. The van der Waals surface area contributed by atoms with Crippen molar-refractivity contribution >= 4 is 40.4 Å². The molecule has 0 bridgehead atoms. The molecule has 0 radical (unpaired) electrons. The fourth-order valence-corrected chi connectivity index (χ4v) is 3.28. The molecule has 0 spiro atoms. The molecule has 4 rings (SSSR count). The monoisotopic (exact) mass is 428 g/mol. The highest BCUT2D eigenvalue weighted by Crippen LogP contribution is 2.34. The lowest BCUT2D eigenvalue weighted by molar-refractivity contribution is -0.120. The molecule has 0 atom stereocenters. The van der Waals surface area contributed by atoms with Gasteiger partial charge in [0.2, 0.25) is 0 Å². The fraction of sp³-hybridized carbons (Fsp3) is 0. The molecule has 1 heterocycles. The van der Waals surface area contributed by atoms with Gasteiger partial charge in [-0.15, -0.1) is 0 Å². The SMILES string of the molecule is O=C1C(Nc2ccc(F)c(F)c2)=C(c2ccc(F)cc2)C(=O)N1c1cccc(Cl)c1. The van der Waals surface area contributed by atoms with Gasteiger partial charge in [-0.1, -0.05) is 29.8 Å². The van der Waals surface area contributed by atoms with Gasteiger partial charge in [0.1, 0.15) is 11.5 Å². The Kier molecular flexibility index (Phi) is 5.05. The van der Waals surface area contributed by atoms with Crippen LogP contribution in [0.25, 0.3) is 5.57 Å². The quantitative estimate of drug-likeness (QED) is 0.584. The number of hydrogen-bond acceptors (Lipinski definition) is 3. The molecule has 1 aliphatic rings. The Morgan fingerprint density at radius 2 is 1.53 bits per heavy atom. The number of rotatable bonds is 4. The highest BCUT2D eigenvalue weighted by molar-refractivity contribution is 6.46. The Morgan fingerprint density at radius 3 is 2.20 bits per heavy atom. The van der Waals surface area contributed by atoms with Crippen LogP contribution in [0.3, 0.4) is 0 Å². The Labute approximate surface area is 174 Å². The Balaban J connectivity index is 1.83. The second-order valence-electron chi connectivity index (χ2n) is 6.44. The minimum absolute atomic E-state index is 0.0373. The van der Waals surface area contributed by atoms with Crippen molar-refractivity contribution in [3.05, 3.63) is 100 Å². The maximum absolute atomic E-state index is 13.6. The summed E-state index contributed by atoms with van der Waals surface area (Å²) in [6.45, 7) is 0. The number of benzene rings is 3. The summed E-state index contributed by atoms with van der Waals surface area (Å²) < 4.78 is 40.3. The predicted octanol–water partition coefficient (Wildman–Crippen LogP) is 5.15. The summed E-state index contributed by atoms with van der Waals surface area (Å²) in [7, 11) is 0. The van der Waals surface area contributed by atoms with Crippen molar-refractivity contribution in [1.82, 2.24) is 0 Å². The van der Waals surface area contributed by atoms with Gasteiger partial charge in [0, 0.05) is 16.8 Å². The molecule has 0 saturated carbocycles. The molecule has 8 heteroatoms. The van der Waals surface area contributed by atoms with E-state index in [0.717, 1.165) is 29.2 Å². The highest BCUT2D eigenvalue weighted by Gasteiger charge is 2.40. The van der Waals surface area contributed by atoms with Crippen LogP contribution in [0.5, 0.6) is 0 Å². The highest BCUT2D eigenvalue weighted by atomic mass is 35.5. The van der Waals surface area contributed by atoms with Crippen LogP contribution in [-0.4, -0.2) is 11.8 Å². The standard InChI is InChI=1S/C22H12ClF3N2O2/c23-13-2-1-3-16(10-13)28-21(29)19(12-4-6-14(24)7-5-12)20(22(28)30)27-15-8-9-17(25)18(26)11-15/h1-11,27H. The Hall–Kier alpha value is -3.58. The number of anilines is 2. The predicted molar refractivity (Wildman–Crippen MR) is 107 cm³/mol. The van der Waals surface area contributed by atoms with E-state index in [1.165, 1.54) is 30.3 Å². The number of hydrogen-bond donors (Lipinski definition) is 1. The van der Waals surface area contributed by atoms with E-state index in [2.05, 4.69) is 5.32 Å². The molecule has 3 aromatic rings. The molecule has 0 aliphatic carbocycles. The molecule has 0 aromatic heterocycles. The lowest BCUT2D eigenvalue weighted by atomic mass is 10.0. The molecule has 0 fully saturated rings. The zero-order valence-corrected chi connectivity index (χ0v) is 15.9. The smallest absolute Gasteiger partial charge is 0.282 e. The summed E-state index contributed by atoms with van der Waals surface area (Å²) in [5.41, 5.74) is 0.392. The fourth-order valence-electron chi connectivity index (χ4n) is 3.10. The van der Waals surface area contributed by atoms with Crippen LogP contribution in [0.15, 0.2) is 72.4 Å². The lowest BCUT2D eigenvalue weighted by Crippen LogP contribution is -2.32. The van der Waals surface area contributed by atoms with Gasteiger partial charge in [-0.2, -0.15) is 0 Å². The van der Waals surface area contributed by atoms with Crippen LogP contribution in [0.2, 0.25) is 5.02 Å². The molecule has 30 heavy (non-hydrogen) atoms. The van der Waals surface area contributed by atoms with E-state index in [4.69, 9.17) is 11.6 Å². The molecule has 0 unspecified atom stereocenters. The van der Waals surface area contributed by atoms with Crippen molar-refractivity contribution in [2.45, 2.75) is 0 Å². The summed E-state index contributed by atoms with van der Waals surface area (Å²) in [5.74, 6) is -4.07. The van der Waals surface area contributed by atoms with Crippen LogP contribution in [0, 0.1) is 17.5 Å². The molecule has 0 saturated heterocycles. The maximum Gasteiger partial charge on any atom is 0.282 e. The molecule has 150 valence electrons.